The third-order valence-corrected chi connectivity index (χ3v) is 4.97. The monoisotopic (exact) mass is 289 g/mol. The van der Waals surface area contributed by atoms with Crippen molar-refractivity contribution in [2.75, 3.05) is 40.4 Å². The fraction of sp³-hybridized carbons (Fsp3) is 0.706. The van der Waals surface area contributed by atoms with Gasteiger partial charge in [-0.05, 0) is 50.9 Å². The first-order valence-electron chi connectivity index (χ1n) is 8.11. The van der Waals surface area contributed by atoms with Gasteiger partial charge in [-0.25, -0.2) is 0 Å². The van der Waals surface area contributed by atoms with Crippen molar-refractivity contribution in [1.29, 1.82) is 0 Å². The van der Waals surface area contributed by atoms with Crippen LogP contribution >= 0.6 is 0 Å². The lowest BCUT2D eigenvalue weighted by Gasteiger charge is -2.32. The summed E-state index contributed by atoms with van der Waals surface area (Å²) in [6.07, 6.45) is 7.47. The van der Waals surface area contributed by atoms with E-state index in [1.54, 1.807) is 0 Å². The van der Waals surface area contributed by atoms with Crippen molar-refractivity contribution in [2.45, 2.75) is 31.3 Å². The quantitative estimate of drug-likeness (QED) is 0.824. The number of rotatable bonds is 5. The maximum absolute atomic E-state index is 5.55. The molecule has 3 heterocycles. The molecule has 0 aromatic carbocycles. The van der Waals surface area contributed by atoms with E-state index in [-0.39, 0.29) is 0 Å². The average Bonchev–Trinajstić information content (AvgIpc) is 3.11. The van der Waals surface area contributed by atoms with E-state index in [0.29, 0.717) is 12.1 Å². The van der Waals surface area contributed by atoms with Gasteiger partial charge in [0.1, 0.15) is 0 Å². The molecule has 2 aliphatic rings. The van der Waals surface area contributed by atoms with E-state index in [1.165, 1.54) is 31.5 Å². The van der Waals surface area contributed by atoms with E-state index >= 15 is 0 Å². The number of hydrogen-bond acceptors (Lipinski definition) is 4. The van der Waals surface area contributed by atoms with Crippen LogP contribution in [0.15, 0.2) is 24.5 Å². The lowest BCUT2D eigenvalue weighted by atomic mass is 9.99. The molecule has 0 N–H and O–H groups in total. The zero-order valence-electron chi connectivity index (χ0n) is 13.2. The van der Waals surface area contributed by atoms with Gasteiger partial charge in [0.2, 0.25) is 0 Å². The molecule has 0 bridgehead atoms. The number of ether oxygens (including phenoxy) is 1. The smallest absolute Gasteiger partial charge is 0.0507 e. The summed E-state index contributed by atoms with van der Waals surface area (Å²) in [6.45, 7) is 4.30. The van der Waals surface area contributed by atoms with Crippen molar-refractivity contribution < 1.29 is 4.74 Å². The molecule has 2 aliphatic heterocycles. The first-order valence-corrected chi connectivity index (χ1v) is 8.11. The van der Waals surface area contributed by atoms with Crippen molar-refractivity contribution in [3.63, 3.8) is 0 Å². The largest absolute Gasteiger partial charge is 0.381 e. The van der Waals surface area contributed by atoms with E-state index in [2.05, 4.69) is 34.9 Å². The molecule has 0 amide bonds. The predicted molar refractivity (Wildman–Crippen MR) is 84.3 cm³/mol. The summed E-state index contributed by atoms with van der Waals surface area (Å²) >= 11 is 0. The standard InChI is InChI=1S/C17H27N3O/c1-19(2)16-5-8-20(12-15-6-9-21-13-15)17(16)10-14-4-3-7-18-11-14/h3-4,7,11,15-17H,5-6,8-10,12-13H2,1-2H3/t15-,16+,17-/m0/s1. The van der Waals surface area contributed by atoms with Crippen LogP contribution in [0.2, 0.25) is 0 Å². The number of likely N-dealkylation sites (tertiary alicyclic amines) is 1. The Balaban J connectivity index is 1.69. The molecule has 0 unspecified atom stereocenters. The van der Waals surface area contributed by atoms with Gasteiger partial charge in [-0.2, -0.15) is 0 Å². The Morgan fingerprint density at radius 2 is 2.29 bits per heavy atom. The summed E-state index contributed by atoms with van der Waals surface area (Å²) in [5.74, 6) is 0.724. The maximum atomic E-state index is 5.55. The summed E-state index contributed by atoms with van der Waals surface area (Å²) in [4.78, 5) is 9.36. The van der Waals surface area contributed by atoms with Gasteiger partial charge in [-0.15, -0.1) is 0 Å². The Morgan fingerprint density at radius 3 is 2.95 bits per heavy atom. The lowest BCUT2D eigenvalue weighted by molar-refractivity contribution is 0.144. The third kappa shape index (κ3) is 3.62. The molecule has 0 aliphatic carbocycles. The Labute approximate surface area is 128 Å². The molecule has 3 rings (SSSR count). The molecule has 0 radical (unpaired) electrons. The summed E-state index contributed by atoms with van der Waals surface area (Å²) in [5, 5.41) is 0. The minimum absolute atomic E-state index is 0.602. The van der Waals surface area contributed by atoms with Gasteiger partial charge >= 0.3 is 0 Å². The van der Waals surface area contributed by atoms with Crippen molar-refractivity contribution >= 4 is 0 Å². The number of likely N-dealkylation sites (N-methyl/N-ethyl adjacent to an activating group) is 1. The fourth-order valence-corrected chi connectivity index (χ4v) is 3.81. The van der Waals surface area contributed by atoms with Gasteiger partial charge in [0.15, 0.2) is 0 Å². The summed E-state index contributed by atoms with van der Waals surface area (Å²) in [6, 6.07) is 5.50. The maximum Gasteiger partial charge on any atom is 0.0507 e. The molecule has 4 heteroatoms. The van der Waals surface area contributed by atoms with Crippen LogP contribution in [0.25, 0.3) is 0 Å². The summed E-state index contributed by atoms with van der Waals surface area (Å²) in [5.41, 5.74) is 1.35. The lowest BCUT2D eigenvalue weighted by Crippen LogP contribution is -2.45. The van der Waals surface area contributed by atoms with Crippen LogP contribution in [0.3, 0.4) is 0 Å². The van der Waals surface area contributed by atoms with Gasteiger partial charge in [0, 0.05) is 44.2 Å². The second-order valence-electron chi connectivity index (χ2n) is 6.68. The Bertz CT molecular complexity index is 431. The van der Waals surface area contributed by atoms with E-state index in [9.17, 15) is 0 Å². The van der Waals surface area contributed by atoms with Crippen molar-refractivity contribution in [3.8, 4) is 0 Å². The van der Waals surface area contributed by atoms with Crippen LogP contribution in [0.5, 0.6) is 0 Å². The van der Waals surface area contributed by atoms with Gasteiger partial charge in [0.05, 0.1) is 6.61 Å². The molecule has 3 atom stereocenters. The zero-order valence-corrected chi connectivity index (χ0v) is 13.2. The minimum atomic E-state index is 0.602. The highest BCUT2D eigenvalue weighted by Gasteiger charge is 2.36. The second kappa shape index (κ2) is 6.86. The fourth-order valence-electron chi connectivity index (χ4n) is 3.81. The molecule has 2 saturated heterocycles. The molecule has 4 nitrogen and oxygen atoms in total. The van der Waals surface area contributed by atoms with Gasteiger partial charge < -0.3 is 9.64 Å². The van der Waals surface area contributed by atoms with Crippen LogP contribution in [0.4, 0.5) is 0 Å². The number of hydrogen-bond donors (Lipinski definition) is 0. The molecule has 116 valence electrons. The third-order valence-electron chi connectivity index (χ3n) is 4.97. The molecule has 1 aromatic rings. The van der Waals surface area contributed by atoms with E-state index in [0.717, 1.165) is 25.6 Å². The van der Waals surface area contributed by atoms with Crippen LogP contribution in [0, 0.1) is 5.92 Å². The van der Waals surface area contributed by atoms with Crippen LogP contribution in [0.1, 0.15) is 18.4 Å². The molecular weight excluding hydrogens is 262 g/mol. The van der Waals surface area contributed by atoms with Gasteiger partial charge in [-0.3, -0.25) is 9.88 Å². The molecule has 2 fully saturated rings. The molecule has 0 saturated carbocycles. The minimum Gasteiger partial charge on any atom is -0.381 e. The van der Waals surface area contributed by atoms with Crippen molar-refractivity contribution in [3.05, 3.63) is 30.1 Å². The number of aromatic nitrogens is 1. The average molecular weight is 289 g/mol. The Kier molecular flexibility index (Phi) is 4.88. The number of nitrogens with zero attached hydrogens (tertiary/aromatic N) is 3. The Morgan fingerprint density at radius 1 is 1.38 bits per heavy atom. The Hall–Kier alpha value is -0.970. The number of pyridine rings is 1. The first kappa shape index (κ1) is 14.9. The SMILES string of the molecule is CN(C)[C@@H]1CCN(C[C@@H]2CCOC2)[C@H]1Cc1cccnc1. The zero-order chi connectivity index (χ0) is 14.7. The normalized spacial score (nSPS) is 30.3. The molecule has 21 heavy (non-hydrogen) atoms. The highest BCUT2D eigenvalue weighted by Crippen LogP contribution is 2.27. The highest BCUT2D eigenvalue weighted by molar-refractivity contribution is 5.12. The summed E-state index contributed by atoms with van der Waals surface area (Å²) in [7, 11) is 4.42. The van der Waals surface area contributed by atoms with Crippen molar-refractivity contribution in [1.82, 2.24) is 14.8 Å². The molecular formula is C17H27N3O. The van der Waals surface area contributed by atoms with E-state index < -0.39 is 0 Å². The highest BCUT2D eigenvalue weighted by atomic mass is 16.5. The first-order chi connectivity index (χ1) is 10.2. The van der Waals surface area contributed by atoms with Crippen LogP contribution < -0.4 is 0 Å². The van der Waals surface area contributed by atoms with E-state index in [1.807, 2.05) is 18.5 Å². The topological polar surface area (TPSA) is 28.6 Å². The van der Waals surface area contributed by atoms with Crippen molar-refractivity contribution in [2.24, 2.45) is 5.92 Å². The van der Waals surface area contributed by atoms with Gasteiger partial charge in [0.25, 0.3) is 0 Å². The predicted octanol–water partition coefficient (Wildman–Crippen LogP) is 1.67. The van der Waals surface area contributed by atoms with Crippen LogP contribution in [-0.2, 0) is 11.2 Å². The second-order valence-corrected chi connectivity index (χ2v) is 6.68. The van der Waals surface area contributed by atoms with Crippen LogP contribution in [-0.4, -0.2) is 67.3 Å². The molecule has 1 aromatic heterocycles. The molecule has 0 spiro atoms. The van der Waals surface area contributed by atoms with Gasteiger partial charge in [-0.1, -0.05) is 6.07 Å². The summed E-state index contributed by atoms with van der Waals surface area (Å²) < 4.78 is 5.55. The van der Waals surface area contributed by atoms with E-state index in [4.69, 9.17) is 4.74 Å².